The number of rotatable bonds is 4. The van der Waals surface area contributed by atoms with Crippen molar-refractivity contribution >= 4 is 11.9 Å². The molecule has 1 aromatic rings. The number of nitrogens with zero attached hydrogens (tertiary/aromatic N) is 4. The normalized spacial score (nSPS) is 16.5. The average molecular weight is 277 g/mol. The quantitative estimate of drug-likeness (QED) is 0.874. The maximum atomic E-state index is 11.9. The van der Waals surface area contributed by atoms with Gasteiger partial charge in [-0.15, -0.1) is 0 Å². The molecule has 20 heavy (non-hydrogen) atoms. The minimum atomic E-state index is -0.108. The molecular weight excluding hydrogens is 254 g/mol. The fraction of sp³-hybridized carbons (Fsp3) is 0.643. The lowest BCUT2D eigenvalue weighted by Crippen LogP contribution is -2.45. The number of aromatic nitrogens is 2. The van der Waals surface area contributed by atoms with Gasteiger partial charge in [-0.25, -0.2) is 9.97 Å². The van der Waals surface area contributed by atoms with Gasteiger partial charge in [-0.3, -0.25) is 4.79 Å². The van der Waals surface area contributed by atoms with Crippen LogP contribution >= 0.6 is 0 Å². The Labute approximate surface area is 120 Å². The molecule has 6 heteroatoms. The van der Waals surface area contributed by atoms with Crippen LogP contribution in [-0.4, -0.2) is 60.5 Å². The molecule has 0 aliphatic carbocycles. The second kappa shape index (κ2) is 6.65. The molecule has 1 aliphatic heterocycles. The Morgan fingerprint density at radius 1 is 1.25 bits per heavy atom. The number of likely N-dealkylation sites (N-methyl/N-ethyl adjacent to an activating group) is 1. The van der Waals surface area contributed by atoms with E-state index in [9.17, 15) is 4.79 Å². The lowest BCUT2D eigenvalue weighted by molar-refractivity contribution is 0.0948. The van der Waals surface area contributed by atoms with E-state index in [4.69, 9.17) is 0 Å². The first-order chi connectivity index (χ1) is 9.56. The Kier molecular flexibility index (Phi) is 4.89. The Bertz CT molecular complexity index is 437. The Hall–Kier alpha value is -1.69. The maximum absolute atomic E-state index is 11.9. The summed E-state index contributed by atoms with van der Waals surface area (Å²) in [4.78, 5) is 24.9. The van der Waals surface area contributed by atoms with Gasteiger partial charge in [0, 0.05) is 45.1 Å². The number of nitrogens with one attached hydrogen (secondary N) is 1. The third-order valence-electron chi connectivity index (χ3n) is 3.36. The van der Waals surface area contributed by atoms with E-state index in [0.29, 0.717) is 24.0 Å². The standard InChI is InChI=1S/C14H23N5O/c1-11(2)8-15-13(20)12-9-16-14(17-10-12)19-6-4-18(3)5-7-19/h9-11H,4-8H2,1-3H3,(H,15,20). The van der Waals surface area contributed by atoms with E-state index in [1.807, 2.05) is 0 Å². The molecule has 2 heterocycles. The van der Waals surface area contributed by atoms with Crippen molar-refractivity contribution in [3.63, 3.8) is 0 Å². The molecule has 110 valence electrons. The highest BCUT2D eigenvalue weighted by atomic mass is 16.1. The van der Waals surface area contributed by atoms with Crippen LogP contribution in [0.3, 0.4) is 0 Å². The van der Waals surface area contributed by atoms with Crippen molar-refractivity contribution in [1.82, 2.24) is 20.2 Å². The second-order valence-electron chi connectivity index (χ2n) is 5.67. The van der Waals surface area contributed by atoms with Crippen LogP contribution in [-0.2, 0) is 0 Å². The molecule has 1 aliphatic rings. The fourth-order valence-electron chi connectivity index (χ4n) is 2.01. The third-order valence-corrected chi connectivity index (χ3v) is 3.36. The highest BCUT2D eigenvalue weighted by Gasteiger charge is 2.16. The number of carbonyl (C=O) groups excluding carboxylic acids is 1. The zero-order chi connectivity index (χ0) is 14.5. The number of carbonyl (C=O) groups is 1. The van der Waals surface area contributed by atoms with Crippen LogP contribution in [0.5, 0.6) is 0 Å². The predicted octanol–water partition coefficient (Wildman–Crippen LogP) is 0.614. The van der Waals surface area contributed by atoms with Crippen LogP contribution in [0.15, 0.2) is 12.4 Å². The third kappa shape index (κ3) is 3.90. The molecule has 0 aromatic carbocycles. The van der Waals surface area contributed by atoms with Gasteiger partial charge in [-0.1, -0.05) is 13.8 Å². The highest BCUT2D eigenvalue weighted by molar-refractivity contribution is 5.93. The number of anilines is 1. The summed E-state index contributed by atoms with van der Waals surface area (Å²) in [5.74, 6) is 1.03. The van der Waals surface area contributed by atoms with Crippen molar-refractivity contribution in [3.8, 4) is 0 Å². The van der Waals surface area contributed by atoms with Gasteiger partial charge in [0.15, 0.2) is 0 Å². The molecule has 0 atom stereocenters. The minimum absolute atomic E-state index is 0.108. The maximum Gasteiger partial charge on any atom is 0.254 e. The smallest absolute Gasteiger partial charge is 0.254 e. The molecule has 1 saturated heterocycles. The number of amides is 1. The second-order valence-corrected chi connectivity index (χ2v) is 5.67. The lowest BCUT2D eigenvalue weighted by Gasteiger charge is -2.32. The van der Waals surface area contributed by atoms with Gasteiger partial charge in [0.05, 0.1) is 5.56 Å². The van der Waals surface area contributed by atoms with Crippen molar-refractivity contribution < 1.29 is 4.79 Å². The molecule has 1 fully saturated rings. The molecule has 2 rings (SSSR count). The van der Waals surface area contributed by atoms with Crippen molar-refractivity contribution in [2.45, 2.75) is 13.8 Å². The van der Waals surface area contributed by atoms with E-state index in [1.165, 1.54) is 0 Å². The molecule has 1 amide bonds. The number of hydrogen-bond acceptors (Lipinski definition) is 5. The van der Waals surface area contributed by atoms with Gasteiger partial charge in [0.2, 0.25) is 5.95 Å². The molecule has 0 saturated carbocycles. The van der Waals surface area contributed by atoms with Crippen LogP contribution in [0.25, 0.3) is 0 Å². The Balaban J connectivity index is 1.94. The summed E-state index contributed by atoms with van der Waals surface area (Å²) in [6.45, 7) is 8.67. The average Bonchev–Trinajstić information content (AvgIpc) is 2.46. The minimum Gasteiger partial charge on any atom is -0.352 e. The topological polar surface area (TPSA) is 61.4 Å². The van der Waals surface area contributed by atoms with Crippen LogP contribution in [0.2, 0.25) is 0 Å². The first-order valence-corrected chi connectivity index (χ1v) is 7.10. The van der Waals surface area contributed by atoms with Crippen molar-refractivity contribution in [2.75, 3.05) is 44.7 Å². The van der Waals surface area contributed by atoms with E-state index in [0.717, 1.165) is 26.2 Å². The van der Waals surface area contributed by atoms with Gasteiger partial charge < -0.3 is 15.1 Å². The van der Waals surface area contributed by atoms with E-state index in [2.05, 4.69) is 46.0 Å². The summed E-state index contributed by atoms with van der Waals surface area (Å²) in [5.41, 5.74) is 0.517. The van der Waals surface area contributed by atoms with E-state index in [-0.39, 0.29) is 5.91 Å². The van der Waals surface area contributed by atoms with Gasteiger partial charge in [0.25, 0.3) is 5.91 Å². The molecule has 6 nitrogen and oxygen atoms in total. The van der Waals surface area contributed by atoms with Gasteiger partial charge in [-0.05, 0) is 13.0 Å². The van der Waals surface area contributed by atoms with E-state index < -0.39 is 0 Å². The fourth-order valence-corrected chi connectivity index (χ4v) is 2.01. The zero-order valence-electron chi connectivity index (χ0n) is 12.5. The highest BCUT2D eigenvalue weighted by Crippen LogP contribution is 2.10. The summed E-state index contributed by atoms with van der Waals surface area (Å²) in [6.07, 6.45) is 3.21. The Morgan fingerprint density at radius 3 is 2.40 bits per heavy atom. The lowest BCUT2D eigenvalue weighted by atomic mass is 10.2. The molecule has 1 N–H and O–H groups in total. The monoisotopic (exact) mass is 277 g/mol. The van der Waals surface area contributed by atoms with Crippen molar-refractivity contribution in [1.29, 1.82) is 0 Å². The number of hydrogen-bond donors (Lipinski definition) is 1. The summed E-state index contributed by atoms with van der Waals surface area (Å²) in [6, 6.07) is 0. The van der Waals surface area contributed by atoms with Gasteiger partial charge in [0.1, 0.15) is 0 Å². The first kappa shape index (κ1) is 14.7. The SMILES string of the molecule is CC(C)CNC(=O)c1cnc(N2CCN(C)CC2)nc1. The van der Waals surface area contributed by atoms with Crippen LogP contribution in [0.1, 0.15) is 24.2 Å². The summed E-state index contributed by atoms with van der Waals surface area (Å²) in [5, 5.41) is 2.86. The summed E-state index contributed by atoms with van der Waals surface area (Å²) < 4.78 is 0. The van der Waals surface area contributed by atoms with Gasteiger partial charge >= 0.3 is 0 Å². The summed E-state index contributed by atoms with van der Waals surface area (Å²) >= 11 is 0. The molecule has 0 spiro atoms. The molecule has 0 radical (unpaired) electrons. The molecule has 1 aromatic heterocycles. The van der Waals surface area contributed by atoms with E-state index in [1.54, 1.807) is 12.4 Å². The van der Waals surface area contributed by atoms with E-state index >= 15 is 0 Å². The zero-order valence-corrected chi connectivity index (χ0v) is 12.5. The number of piperazine rings is 1. The molecule has 0 bridgehead atoms. The van der Waals surface area contributed by atoms with Crippen LogP contribution < -0.4 is 10.2 Å². The van der Waals surface area contributed by atoms with Crippen LogP contribution in [0, 0.1) is 5.92 Å². The van der Waals surface area contributed by atoms with Gasteiger partial charge in [-0.2, -0.15) is 0 Å². The predicted molar refractivity (Wildman–Crippen MR) is 78.9 cm³/mol. The molecular formula is C14H23N5O. The largest absolute Gasteiger partial charge is 0.352 e. The van der Waals surface area contributed by atoms with Crippen molar-refractivity contribution in [2.24, 2.45) is 5.92 Å². The first-order valence-electron chi connectivity index (χ1n) is 7.10. The van der Waals surface area contributed by atoms with Crippen LogP contribution in [0.4, 0.5) is 5.95 Å². The molecule has 0 unspecified atom stereocenters. The Morgan fingerprint density at radius 2 is 1.85 bits per heavy atom. The van der Waals surface area contributed by atoms with Crippen molar-refractivity contribution in [3.05, 3.63) is 18.0 Å². The summed E-state index contributed by atoms with van der Waals surface area (Å²) in [7, 11) is 2.11.